The van der Waals surface area contributed by atoms with Gasteiger partial charge in [0, 0.05) is 11.6 Å². The summed E-state index contributed by atoms with van der Waals surface area (Å²) in [5.41, 5.74) is 6.11. The Kier molecular flexibility index (Phi) is 6.68. The molecule has 0 aliphatic rings. The Morgan fingerprint density at radius 2 is 2.11 bits per heavy atom. The van der Waals surface area contributed by atoms with Crippen molar-refractivity contribution in [2.75, 3.05) is 23.0 Å². The van der Waals surface area contributed by atoms with Gasteiger partial charge in [-0.05, 0) is 13.8 Å². The van der Waals surface area contributed by atoms with Crippen LogP contribution >= 0.6 is 0 Å². The number of nitrogens with one attached hydrogen (secondary N) is 2. The summed E-state index contributed by atoms with van der Waals surface area (Å²) < 4.78 is 4.76. The highest BCUT2D eigenvalue weighted by Crippen LogP contribution is 2.32. The van der Waals surface area contributed by atoms with E-state index in [1.807, 2.05) is 0 Å². The number of ether oxygens (including phenoxy) is 1. The Hall–Kier alpha value is -3.89. The van der Waals surface area contributed by atoms with Crippen molar-refractivity contribution in [3.63, 3.8) is 0 Å². The molecule has 1 aromatic heterocycles. The number of aromatic nitrogens is 1. The monoisotopic (exact) mass is 388 g/mol. The van der Waals surface area contributed by atoms with Crippen LogP contribution in [-0.2, 0) is 4.74 Å². The minimum atomic E-state index is -0.774. The van der Waals surface area contributed by atoms with Crippen LogP contribution in [-0.4, -0.2) is 39.6 Å². The molecule has 0 saturated carbocycles. The molecule has 0 radical (unpaired) electrons. The molecule has 5 N–H and O–H groups in total. The molecule has 1 aromatic carbocycles. The van der Waals surface area contributed by atoms with Crippen molar-refractivity contribution in [3.8, 4) is 0 Å². The number of hydrogen-bond acceptors (Lipinski definition) is 9. The van der Waals surface area contributed by atoms with Crippen LogP contribution in [0.25, 0.3) is 0 Å². The molecule has 28 heavy (non-hydrogen) atoms. The molecule has 1 atom stereocenters. The molecule has 11 nitrogen and oxygen atoms in total. The molecule has 0 spiro atoms. The molecule has 148 valence electrons. The van der Waals surface area contributed by atoms with Crippen molar-refractivity contribution in [1.82, 2.24) is 4.98 Å². The molecular weight excluding hydrogens is 368 g/mol. The summed E-state index contributed by atoms with van der Waals surface area (Å²) >= 11 is 0. The summed E-state index contributed by atoms with van der Waals surface area (Å²) in [5, 5.41) is 29.3. The predicted molar refractivity (Wildman–Crippen MR) is 104 cm³/mol. The number of pyridine rings is 1. The third-order valence-corrected chi connectivity index (χ3v) is 3.67. The average Bonchev–Trinajstić information content (AvgIpc) is 2.62. The van der Waals surface area contributed by atoms with Crippen LogP contribution in [0.4, 0.5) is 27.8 Å². The molecule has 2 aromatic rings. The van der Waals surface area contributed by atoms with E-state index in [0.29, 0.717) is 5.56 Å². The molecular formula is C17H20N6O5. The van der Waals surface area contributed by atoms with Gasteiger partial charge in [-0.25, -0.2) is 9.78 Å². The zero-order valence-electron chi connectivity index (χ0n) is 15.2. The summed E-state index contributed by atoms with van der Waals surface area (Å²) in [6.07, 6.45) is -0.774. The first-order valence-corrected chi connectivity index (χ1v) is 8.30. The van der Waals surface area contributed by atoms with Crippen LogP contribution in [0.15, 0.2) is 41.6 Å². The van der Waals surface area contributed by atoms with Crippen molar-refractivity contribution in [2.24, 2.45) is 5.16 Å². The number of anilines is 3. The first kappa shape index (κ1) is 20.4. The van der Waals surface area contributed by atoms with E-state index in [0.717, 1.165) is 0 Å². The highest BCUT2D eigenvalue weighted by atomic mass is 16.6. The highest BCUT2D eigenvalue weighted by Gasteiger charge is 2.25. The van der Waals surface area contributed by atoms with Gasteiger partial charge in [0.05, 0.1) is 17.6 Å². The number of benzene rings is 1. The van der Waals surface area contributed by atoms with E-state index in [9.17, 15) is 20.1 Å². The second-order valence-corrected chi connectivity index (χ2v) is 5.61. The van der Waals surface area contributed by atoms with Gasteiger partial charge in [0.15, 0.2) is 0 Å². The largest absolute Gasteiger partial charge is 0.450 e. The summed E-state index contributed by atoms with van der Waals surface area (Å²) in [6, 6.07) is 9.42. The van der Waals surface area contributed by atoms with Crippen molar-refractivity contribution in [3.05, 3.63) is 52.1 Å². The Balaban J connectivity index is 2.37. The smallest absolute Gasteiger partial charge is 0.412 e. The lowest BCUT2D eigenvalue weighted by Crippen LogP contribution is -2.28. The number of nitrogen functional groups attached to an aromatic ring is 1. The van der Waals surface area contributed by atoms with E-state index < -0.39 is 28.6 Å². The summed E-state index contributed by atoms with van der Waals surface area (Å²) in [5.74, 6) is -0.422. The molecule has 0 bridgehead atoms. The van der Waals surface area contributed by atoms with Crippen LogP contribution in [0.1, 0.15) is 19.4 Å². The lowest BCUT2D eigenvalue weighted by atomic mass is 10.0. The lowest BCUT2D eigenvalue weighted by Gasteiger charge is -2.18. The van der Waals surface area contributed by atoms with Crippen LogP contribution in [0, 0.1) is 10.1 Å². The first-order chi connectivity index (χ1) is 13.4. The predicted octanol–water partition coefficient (Wildman–Crippen LogP) is 2.82. The molecule has 0 aliphatic heterocycles. The van der Waals surface area contributed by atoms with Crippen LogP contribution in [0.5, 0.6) is 0 Å². The number of hydrogen-bond donors (Lipinski definition) is 4. The number of nitrogens with two attached hydrogens (primary N) is 1. The van der Waals surface area contributed by atoms with Gasteiger partial charge >= 0.3 is 11.8 Å². The van der Waals surface area contributed by atoms with Crippen LogP contribution < -0.4 is 16.4 Å². The standard InChI is InChI=1S/C17H20N6O5/c1-3-28-17(24)21-13-9-12(15(23(26)27)16(18)20-13)19-10(2)14(22-25)11-7-5-4-6-8-11/h4-10,25H,3H2,1-2H3,(H4,18,19,20,21,24)/b22-14-. The van der Waals surface area contributed by atoms with Crippen molar-refractivity contribution < 1.29 is 19.7 Å². The maximum absolute atomic E-state index is 11.6. The molecule has 2 rings (SSSR count). The van der Waals surface area contributed by atoms with E-state index in [-0.39, 0.29) is 23.8 Å². The fourth-order valence-electron chi connectivity index (χ4n) is 2.50. The summed E-state index contributed by atoms with van der Waals surface area (Å²) in [7, 11) is 0. The molecule has 11 heteroatoms. The first-order valence-electron chi connectivity index (χ1n) is 8.30. The normalized spacial score (nSPS) is 12.1. The van der Waals surface area contributed by atoms with Gasteiger partial charge in [0.2, 0.25) is 5.82 Å². The molecule has 0 fully saturated rings. The number of nitrogens with zero attached hydrogens (tertiary/aromatic N) is 3. The summed E-state index contributed by atoms with van der Waals surface area (Å²) in [4.78, 5) is 26.1. The number of carbonyl (C=O) groups excluding carboxylic acids is 1. The van der Waals surface area contributed by atoms with E-state index in [2.05, 4.69) is 20.8 Å². The zero-order valence-corrected chi connectivity index (χ0v) is 15.2. The van der Waals surface area contributed by atoms with Gasteiger partial charge in [-0.3, -0.25) is 15.4 Å². The number of amides is 1. The van der Waals surface area contributed by atoms with Crippen molar-refractivity contribution >= 4 is 34.8 Å². The highest BCUT2D eigenvalue weighted by molar-refractivity contribution is 6.05. The van der Waals surface area contributed by atoms with Gasteiger partial charge in [0.1, 0.15) is 17.2 Å². The third kappa shape index (κ3) is 4.84. The average molecular weight is 388 g/mol. The maximum Gasteiger partial charge on any atom is 0.412 e. The van der Waals surface area contributed by atoms with Gasteiger partial charge in [-0.2, -0.15) is 0 Å². The Morgan fingerprint density at radius 1 is 1.43 bits per heavy atom. The van der Waals surface area contributed by atoms with Crippen LogP contribution in [0.2, 0.25) is 0 Å². The van der Waals surface area contributed by atoms with Gasteiger partial charge < -0.3 is 21.0 Å². The molecule has 0 aliphatic carbocycles. The quantitative estimate of drug-likeness (QED) is 0.243. The van der Waals surface area contributed by atoms with E-state index in [1.54, 1.807) is 44.2 Å². The Morgan fingerprint density at radius 3 is 2.68 bits per heavy atom. The van der Waals surface area contributed by atoms with Crippen LogP contribution in [0.3, 0.4) is 0 Å². The summed E-state index contributed by atoms with van der Waals surface area (Å²) in [6.45, 7) is 3.43. The van der Waals surface area contributed by atoms with Crippen molar-refractivity contribution in [2.45, 2.75) is 19.9 Å². The van der Waals surface area contributed by atoms with E-state index >= 15 is 0 Å². The van der Waals surface area contributed by atoms with E-state index in [4.69, 9.17) is 10.5 Å². The van der Waals surface area contributed by atoms with Crippen molar-refractivity contribution in [1.29, 1.82) is 0 Å². The third-order valence-electron chi connectivity index (χ3n) is 3.67. The Bertz CT molecular complexity index is 887. The SMILES string of the molecule is CCOC(=O)Nc1cc(NC(C)/C(=N/O)c2ccccc2)c([N+](=O)[O-])c(N)n1. The Labute approximate surface area is 160 Å². The minimum Gasteiger partial charge on any atom is -0.450 e. The number of oxime groups is 1. The fraction of sp³-hybridized carbons (Fsp3) is 0.235. The molecule has 1 heterocycles. The second kappa shape index (κ2) is 9.16. The number of rotatable bonds is 7. The lowest BCUT2D eigenvalue weighted by molar-refractivity contribution is -0.383. The second-order valence-electron chi connectivity index (χ2n) is 5.61. The fourth-order valence-corrected chi connectivity index (χ4v) is 2.50. The zero-order chi connectivity index (χ0) is 20.7. The van der Waals surface area contributed by atoms with Gasteiger partial charge in [-0.15, -0.1) is 0 Å². The van der Waals surface area contributed by atoms with Gasteiger partial charge in [0.25, 0.3) is 0 Å². The molecule has 1 unspecified atom stereocenters. The maximum atomic E-state index is 11.6. The number of nitro groups is 1. The van der Waals surface area contributed by atoms with Gasteiger partial charge in [-0.1, -0.05) is 35.5 Å². The number of carbonyl (C=O) groups is 1. The topological polar surface area (TPSA) is 165 Å². The molecule has 0 saturated heterocycles. The molecule has 1 amide bonds. The minimum absolute atomic E-state index is 0.00567. The van der Waals surface area contributed by atoms with E-state index in [1.165, 1.54) is 6.07 Å².